The van der Waals surface area contributed by atoms with Crippen molar-refractivity contribution in [2.75, 3.05) is 18.2 Å². The zero-order valence-corrected chi connectivity index (χ0v) is 20.0. The topological polar surface area (TPSA) is 108 Å². The first-order chi connectivity index (χ1) is 17.7. The maximum atomic E-state index is 13.2. The molecule has 0 radical (unpaired) electrons. The lowest BCUT2D eigenvalue weighted by Gasteiger charge is -2.28. The summed E-state index contributed by atoms with van der Waals surface area (Å²) in [6.45, 7) is 0. The normalized spacial score (nSPS) is 18.1. The van der Waals surface area contributed by atoms with Crippen molar-refractivity contribution in [1.29, 1.82) is 0 Å². The molecule has 1 saturated carbocycles. The van der Waals surface area contributed by atoms with E-state index in [0.717, 1.165) is 12.1 Å². The molecule has 0 bridgehead atoms. The minimum Gasteiger partial charge on any atom is -0.497 e. The van der Waals surface area contributed by atoms with Crippen molar-refractivity contribution in [2.24, 2.45) is 5.92 Å². The summed E-state index contributed by atoms with van der Waals surface area (Å²) < 4.78 is 46.7. The molecule has 1 fully saturated rings. The van der Waals surface area contributed by atoms with Crippen LogP contribution in [0.3, 0.4) is 0 Å². The van der Waals surface area contributed by atoms with Crippen LogP contribution in [0.25, 0.3) is 22.6 Å². The monoisotopic (exact) mass is 510 g/mol. The van der Waals surface area contributed by atoms with Gasteiger partial charge in [0.2, 0.25) is 5.91 Å². The zero-order valence-electron chi connectivity index (χ0n) is 20.0. The number of aromatic nitrogens is 4. The molecule has 0 atom stereocenters. The highest BCUT2D eigenvalue weighted by molar-refractivity contribution is 5.92. The number of hydrogen-bond donors (Lipinski definition) is 2. The fourth-order valence-corrected chi connectivity index (χ4v) is 4.73. The van der Waals surface area contributed by atoms with Crippen molar-refractivity contribution >= 4 is 28.6 Å². The van der Waals surface area contributed by atoms with Gasteiger partial charge in [0.05, 0.1) is 19.0 Å². The summed E-state index contributed by atoms with van der Waals surface area (Å²) in [5.41, 5.74) is 7.08. The first-order valence-corrected chi connectivity index (χ1v) is 11.9. The number of nitrogen functional groups attached to an aromatic ring is 1. The van der Waals surface area contributed by atoms with Crippen LogP contribution >= 0.6 is 0 Å². The van der Waals surface area contributed by atoms with Gasteiger partial charge in [0.25, 0.3) is 0 Å². The lowest BCUT2D eigenvalue weighted by molar-refractivity contribution is -0.137. The molecule has 192 valence electrons. The fraction of sp³-hybridized carbons (Fsp3) is 0.308. The number of nitrogens with two attached hydrogens (primary N) is 1. The van der Waals surface area contributed by atoms with E-state index in [9.17, 15) is 18.0 Å². The van der Waals surface area contributed by atoms with Gasteiger partial charge in [-0.05, 0) is 49.9 Å². The van der Waals surface area contributed by atoms with Crippen molar-refractivity contribution in [3.63, 3.8) is 0 Å². The van der Waals surface area contributed by atoms with Crippen LogP contribution in [0.5, 0.6) is 5.75 Å². The van der Waals surface area contributed by atoms with E-state index < -0.39 is 11.7 Å². The van der Waals surface area contributed by atoms with E-state index in [1.54, 1.807) is 19.5 Å². The van der Waals surface area contributed by atoms with Crippen LogP contribution < -0.4 is 15.8 Å². The van der Waals surface area contributed by atoms with E-state index in [-0.39, 0.29) is 35.1 Å². The van der Waals surface area contributed by atoms with Gasteiger partial charge in [-0.25, -0.2) is 15.0 Å². The number of methoxy groups -OCH3 is 1. The fourth-order valence-electron chi connectivity index (χ4n) is 4.73. The third-order valence-corrected chi connectivity index (χ3v) is 6.69. The van der Waals surface area contributed by atoms with Gasteiger partial charge in [-0.15, -0.1) is 0 Å². The molecule has 11 heteroatoms. The molecule has 1 amide bonds. The molecule has 0 spiro atoms. The first kappa shape index (κ1) is 24.5. The Morgan fingerprint density at radius 2 is 1.84 bits per heavy atom. The average Bonchev–Trinajstić information content (AvgIpc) is 3.33. The van der Waals surface area contributed by atoms with Crippen LogP contribution in [0.15, 0.2) is 54.9 Å². The minimum atomic E-state index is -4.48. The molecular weight excluding hydrogens is 485 g/mol. The minimum absolute atomic E-state index is 0.0227. The molecule has 4 aromatic rings. The standard InChI is InChI=1S/C26H25F3N6O2/c1-37-20-7-3-6-18(13-20)32-25(36)15-8-10-19(11-9-15)35-14-31-21-22(30)33-23(34-24(21)35)16-4-2-5-17(12-16)26(27,28)29/h2-7,12-15,19H,8-11H2,1H3,(H,32,36)(H2,30,33,34)/t15-,19+. The second kappa shape index (κ2) is 9.72. The molecule has 8 nitrogen and oxygen atoms in total. The number of ether oxygens (including phenoxy) is 1. The number of fused-ring (bicyclic) bond motifs is 1. The molecule has 3 N–H and O–H groups in total. The summed E-state index contributed by atoms with van der Waals surface area (Å²) in [5.74, 6) is 0.684. The quantitative estimate of drug-likeness (QED) is 0.369. The number of alkyl halides is 3. The number of nitrogens with one attached hydrogen (secondary N) is 1. The summed E-state index contributed by atoms with van der Waals surface area (Å²) >= 11 is 0. The van der Waals surface area contributed by atoms with Crippen molar-refractivity contribution in [1.82, 2.24) is 19.5 Å². The number of carbonyl (C=O) groups excluding carboxylic acids is 1. The van der Waals surface area contributed by atoms with Gasteiger partial charge >= 0.3 is 6.18 Å². The number of rotatable bonds is 5. The molecule has 37 heavy (non-hydrogen) atoms. The predicted octanol–water partition coefficient (Wildman–Crippen LogP) is 5.47. The van der Waals surface area contributed by atoms with Crippen molar-refractivity contribution in [3.8, 4) is 17.1 Å². The maximum absolute atomic E-state index is 13.2. The summed E-state index contributed by atoms with van der Waals surface area (Å²) in [6.07, 6.45) is -0.0881. The number of halogens is 3. The second-order valence-electron chi connectivity index (χ2n) is 9.06. The Morgan fingerprint density at radius 1 is 1.08 bits per heavy atom. The number of anilines is 2. The Bertz CT molecular complexity index is 1440. The Morgan fingerprint density at radius 3 is 2.57 bits per heavy atom. The van der Waals surface area contributed by atoms with E-state index in [4.69, 9.17) is 10.5 Å². The number of amides is 1. The van der Waals surface area contributed by atoms with Gasteiger partial charge in [-0.1, -0.05) is 18.2 Å². The molecule has 0 aliphatic heterocycles. The molecule has 0 unspecified atom stereocenters. The number of imidazole rings is 1. The third-order valence-electron chi connectivity index (χ3n) is 6.69. The lowest BCUT2D eigenvalue weighted by Crippen LogP contribution is -2.28. The van der Waals surface area contributed by atoms with Gasteiger partial charge in [0.1, 0.15) is 11.3 Å². The highest BCUT2D eigenvalue weighted by Gasteiger charge is 2.31. The molecule has 2 aromatic heterocycles. The van der Waals surface area contributed by atoms with Crippen LogP contribution in [-0.2, 0) is 11.0 Å². The van der Waals surface area contributed by atoms with Crippen molar-refractivity contribution in [3.05, 3.63) is 60.4 Å². The first-order valence-electron chi connectivity index (χ1n) is 11.9. The Hall–Kier alpha value is -4.15. The third kappa shape index (κ3) is 5.07. The number of benzene rings is 2. The second-order valence-corrected chi connectivity index (χ2v) is 9.06. The van der Waals surface area contributed by atoms with E-state index in [2.05, 4.69) is 20.3 Å². The molecule has 5 rings (SSSR count). The summed E-state index contributed by atoms with van der Waals surface area (Å²) in [4.78, 5) is 25.9. The van der Waals surface area contributed by atoms with Crippen LogP contribution in [0.2, 0.25) is 0 Å². The van der Waals surface area contributed by atoms with Gasteiger partial charge in [0.15, 0.2) is 17.3 Å². The van der Waals surface area contributed by atoms with E-state index >= 15 is 0 Å². The lowest BCUT2D eigenvalue weighted by atomic mass is 9.85. The van der Waals surface area contributed by atoms with Crippen molar-refractivity contribution < 1.29 is 22.7 Å². The number of carbonyl (C=O) groups is 1. The Balaban J connectivity index is 1.34. The number of hydrogen-bond acceptors (Lipinski definition) is 6. The smallest absolute Gasteiger partial charge is 0.416 e. The van der Waals surface area contributed by atoms with E-state index in [1.807, 2.05) is 22.8 Å². The number of nitrogens with zero attached hydrogens (tertiary/aromatic N) is 4. The van der Waals surface area contributed by atoms with Gasteiger partial charge in [-0.2, -0.15) is 13.2 Å². The maximum Gasteiger partial charge on any atom is 0.416 e. The van der Waals surface area contributed by atoms with Gasteiger partial charge in [0, 0.05) is 29.3 Å². The molecule has 2 heterocycles. The summed E-state index contributed by atoms with van der Waals surface area (Å²) in [6, 6.07) is 12.1. The Kier molecular flexibility index (Phi) is 6.45. The van der Waals surface area contributed by atoms with Gasteiger partial charge in [-0.3, -0.25) is 4.79 Å². The molecule has 2 aromatic carbocycles. The SMILES string of the molecule is COc1cccc(NC(=O)[C@H]2CC[C@@H](n3cnc4c(N)nc(-c5cccc(C(F)(F)F)c5)nc43)CC2)c1. The highest BCUT2D eigenvalue weighted by Crippen LogP contribution is 2.36. The van der Waals surface area contributed by atoms with Gasteiger partial charge < -0.3 is 20.4 Å². The summed E-state index contributed by atoms with van der Waals surface area (Å²) in [5, 5.41) is 2.96. The zero-order chi connectivity index (χ0) is 26.2. The average molecular weight is 511 g/mol. The molecule has 1 aliphatic carbocycles. The Labute approximate surface area is 210 Å². The predicted molar refractivity (Wildman–Crippen MR) is 133 cm³/mol. The van der Waals surface area contributed by atoms with Crippen LogP contribution in [0, 0.1) is 5.92 Å². The largest absolute Gasteiger partial charge is 0.497 e. The molecular formula is C26H25F3N6O2. The van der Waals surface area contributed by atoms with E-state index in [1.165, 1.54) is 12.1 Å². The molecule has 1 aliphatic rings. The van der Waals surface area contributed by atoms with Crippen LogP contribution in [0.1, 0.15) is 37.3 Å². The summed E-state index contributed by atoms with van der Waals surface area (Å²) in [7, 11) is 1.57. The highest BCUT2D eigenvalue weighted by atomic mass is 19.4. The molecule has 0 saturated heterocycles. The van der Waals surface area contributed by atoms with E-state index in [0.29, 0.717) is 48.3 Å². The van der Waals surface area contributed by atoms with Crippen LogP contribution in [0.4, 0.5) is 24.7 Å². The van der Waals surface area contributed by atoms with Crippen molar-refractivity contribution in [2.45, 2.75) is 37.9 Å². The van der Waals surface area contributed by atoms with Crippen LogP contribution in [-0.4, -0.2) is 32.5 Å².